The van der Waals surface area contributed by atoms with E-state index in [4.69, 9.17) is 4.74 Å². The summed E-state index contributed by atoms with van der Waals surface area (Å²) in [5.41, 5.74) is -0.328. The fourth-order valence-corrected chi connectivity index (χ4v) is 2.27. The van der Waals surface area contributed by atoms with Crippen LogP contribution in [0.4, 0.5) is 0 Å². The quantitative estimate of drug-likeness (QED) is 0.464. The molecule has 0 aromatic carbocycles. The van der Waals surface area contributed by atoms with E-state index in [1.165, 1.54) is 0 Å². The Labute approximate surface area is 73.3 Å². The minimum absolute atomic E-state index is 0.260. The molecule has 0 spiro atoms. The second-order valence-corrected chi connectivity index (χ2v) is 4.46. The smallest absolute Gasteiger partial charge is 0.154 e. The monoisotopic (exact) mass is 168 g/mol. The lowest BCUT2D eigenvalue weighted by Gasteiger charge is -2.24. The number of ether oxygens (including phenoxy) is 1. The van der Waals surface area contributed by atoms with Crippen molar-refractivity contribution in [2.45, 2.75) is 44.8 Å². The summed E-state index contributed by atoms with van der Waals surface area (Å²) in [6.45, 7) is 4.50. The lowest BCUT2D eigenvalue weighted by atomic mass is 9.77. The summed E-state index contributed by atoms with van der Waals surface area (Å²) < 4.78 is 5.43. The van der Waals surface area contributed by atoms with Crippen molar-refractivity contribution in [3.63, 3.8) is 0 Å². The number of carbonyl (C=O) groups is 1. The highest BCUT2D eigenvalue weighted by atomic mass is 16.6. The molecule has 3 atom stereocenters. The fraction of sp³-hybridized carbons (Fsp3) is 0.900. The summed E-state index contributed by atoms with van der Waals surface area (Å²) in [6.07, 6.45) is 4.47. The number of epoxide rings is 1. The van der Waals surface area contributed by atoms with Gasteiger partial charge in [-0.05, 0) is 31.1 Å². The molecule has 12 heavy (non-hydrogen) atoms. The van der Waals surface area contributed by atoms with Crippen LogP contribution in [0.5, 0.6) is 0 Å². The molecule has 0 N–H and O–H groups in total. The molecule has 1 heterocycles. The topological polar surface area (TPSA) is 29.6 Å². The van der Waals surface area contributed by atoms with E-state index in [0.717, 1.165) is 37.4 Å². The van der Waals surface area contributed by atoms with Crippen molar-refractivity contribution in [3.8, 4) is 0 Å². The molecule has 0 amide bonds. The van der Waals surface area contributed by atoms with E-state index in [9.17, 15) is 4.79 Å². The van der Waals surface area contributed by atoms with Crippen LogP contribution in [-0.2, 0) is 9.53 Å². The standard InChI is InChI=1S/C10H16O2/c1-7(2)8-3-4-10(6-11)9(5-8)12-10/h6-9H,3-5H2,1-2H3/t8-,9?,10-/m1/s1. The predicted octanol–water partition coefficient (Wildman–Crippen LogP) is 1.78. The molecule has 2 heteroatoms. The third kappa shape index (κ3) is 1.09. The molecule has 0 aromatic rings. The zero-order valence-corrected chi connectivity index (χ0v) is 7.75. The van der Waals surface area contributed by atoms with Gasteiger partial charge in [-0.3, -0.25) is 0 Å². The Kier molecular flexibility index (Phi) is 1.76. The van der Waals surface area contributed by atoms with Crippen LogP contribution in [0.1, 0.15) is 33.1 Å². The Balaban J connectivity index is 1.96. The molecule has 2 rings (SSSR count). The van der Waals surface area contributed by atoms with Crippen LogP contribution in [0.3, 0.4) is 0 Å². The first kappa shape index (κ1) is 8.24. The van der Waals surface area contributed by atoms with Gasteiger partial charge < -0.3 is 9.53 Å². The molecule has 1 unspecified atom stereocenters. The second kappa shape index (κ2) is 2.56. The minimum Gasteiger partial charge on any atom is -0.358 e. The Morgan fingerprint density at radius 2 is 2.33 bits per heavy atom. The lowest BCUT2D eigenvalue weighted by molar-refractivity contribution is -0.112. The van der Waals surface area contributed by atoms with Crippen molar-refractivity contribution in [2.24, 2.45) is 11.8 Å². The molecule has 2 nitrogen and oxygen atoms in total. The Morgan fingerprint density at radius 3 is 2.83 bits per heavy atom. The largest absolute Gasteiger partial charge is 0.358 e. The number of carbonyl (C=O) groups excluding carboxylic acids is 1. The van der Waals surface area contributed by atoms with E-state index in [2.05, 4.69) is 13.8 Å². The zero-order valence-electron chi connectivity index (χ0n) is 7.75. The summed E-state index contributed by atoms with van der Waals surface area (Å²) in [5.74, 6) is 1.50. The van der Waals surface area contributed by atoms with Crippen LogP contribution < -0.4 is 0 Å². The fourth-order valence-electron chi connectivity index (χ4n) is 2.27. The number of aldehydes is 1. The Hall–Kier alpha value is -0.370. The van der Waals surface area contributed by atoms with E-state index >= 15 is 0 Å². The van der Waals surface area contributed by atoms with Gasteiger partial charge in [0.15, 0.2) is 6.29 Å². The summed E-state index contributed by atoms with van der Waals surface area (Å²) in [7, 11) is 0. The molecule has 0 radical (unpaired) electrons. The van der Waals surface area contributed by atoms with Gasteiger partial charge in [0, 0.05) is 0 Å². The van der Waals surface area contributed by atoms with Crippen LogP contribution >= 0.6 is 0 Å². The normalized spacial score (nSPS) is 45.6. The van der Waals surface area contributed by atoms with Crippen LogP contribution in [-0.4, -0.2) is 18.0 Å². The van der Waals surface area contributed by atoms with Crippen LogP contribution in [0.25, 0.3) is 0 Å². The summed E-state index contributed by atoms with van der Waals surface area (Å²) in [5, 5.41) is 0. The number of fused-ring (bicyclic) bond motifs is 1. The van der Waals surface area contributed by atoms with Crippen molar-refractivity contribution < 1.29 is 9.53 Å². The third-order valence-corrected chi connectivity index (χ3v) is 3.41. The van der Waals surface area contributed by atoms with Gasteiger partial charge in [0.2, 0.25) is 0 Å². The highest BCUT2D eigenvalue weighted by Gasteiger charge is 2.59. The van der Waals surface area contributed by atoms with Gasteiger partial charge in [0.25, 0.3) is 0 Å². The molecule has 0 aromatic heterocycles. The maximum absolute atomic E-state index is 10.7. The molecular weight excluding hydrogens is 152 g/mol. The second-order valence-electron chi connectivity index (χ2n) is 4.46. The zero-order chi connectivity index (χ0) is 8.77. The molecule has 2 fully saturated rings. The Morgan fingerprint density at radius 1 is 1.58 bits per heavy atom. The number of hydrogen-bond acceptors (Lipinski definition) is 2. The lowest BCUT2D eigenvalue weighted by Crippen LogP contribution is -2.27. The first-order valence-electron chi connectivity index (χ1n) is 4.82. The number of hydrogen-bond donors (Lipinski definition) is 0. The average Bonchev–Trinajstić information content (AvgIpc) is 2.77. The minimum atomic E-state index is -0.328. The van der Waals surface area contributed by atoms with Gasteiger partial charge in [-0.2, -0.15) is 0 Å². The van der Waals surface area contributed by atoms with Crippen LogP contribution in [0, 0.1) is 11.8 Å². The van der Waals surface area contributed by atoms with E-state index in [0.29, 0.717) is 0 Å². The molecule has 68 valence electrons. The average molecular weight is 168 g/mol. The predicted molar refractivity (Wildman–Crippen MR) is 45.8 cm³/mol. The first-order chi connectivity index (χ1) is 5.68. The first-order valence-corrected chi connectivity index (χ1v) is 4.82. The van der Waals surface area contributed by atoms with Crippen molar-refractivity contribution in [2.75, 3.05) is 0 Å². The van der Waals surface area contributed by atoms with E-state index in [1.54, 1.807) is 0 Å². The van der Waals surface area contributed by atoms with Gasteiger partial charge in [0.1, 0.15) is 5.60 Å². The molecule has 1 saturated heterocycles. The molecule has 0 bridgehead atoms. The van der Waals surface area contributed by atoms with Crippen molar-refractivity contribution in [3.05, 3.63) is 0 Å². The summed E-state index contributed by atoms with van der Waals surface area (Å²) in [6, 6.07) is 0. The third-order valence-electron chi connectivity index (χ3n) is 3.41. The molecule has 2 aliphatic rings. The van der Waals surface area contributed by atoms with Crippen molar-refractivity contribution in [1.29, 1.82) is 0 Å². The van der Waals surface area contributed by atoms with Crippen LogP contribution in [0.2, 0.25) is 0 Å². The van der Waals surface area contributed by atoms with Gasteiger partial charge in [0.05, 0.1) is 6.10 Å². The molecule has 1 aliphatic heterocycles. The number of rotatable bonds is 2. The maximum Gasteiger partial charge on any atom is 0.154 e. The van der Waals surface area contributed by atoms with E-state index in [-0.39, 0.29) is 11.7 Å². The summed E-state index contributed by atoms with van der Waals surface area (Å²) >= 11 is 0. The maximum atomic E-state index is 10.7. The van der Waals surface area contributed by atoms with Gasteiger partial charge in [-0.1, -0.05) is 13.8 Å². The summed E-state index contributed by atoms with van der Waals surface area (Å²) in [4.78, 5) is 10.7. The molecule has 1 aliphatic carbocycles. The highest BCUT2D eigenvalue weighted by Crippen LogP contribution is 2.49. The van der Waals surface area contributed by atoms with E-state index < -0.39 is 0 Å². The highest BCUT2D eigenvalue weighted by molar-refractivity contribution is 5.68. The van der Waals surface area contributed by atoms with Gasteiger partial charge in [-0.15, -0.1) is 0 Å². The van der Waals surface area contributed by atoms with Gasteiger partial charge in [-0.25, -0.2) is 0 Å². The van der Waals surface area contributed by atoms with Crippen molar-refractivity contribution >= 4 is 6.29 Å². The Bertz CT molecular complexity index is 200. The van der Waals surface area contributed by atoms with E-state index in [1.807, 2.05) is 0 Å². The van der Waals surface area contributed by atoms with Crippen molar-refractivity contribution in [1.82, 2.24) is 0 Å². The molecule has 1 saturated carbocycles. The van der Waals surface area contributed by atoms with Crippen LogP contribution in [0.15, 0.2) is 0 Å². The van der Waals surface area contributed by atoms with Gasteiger partial charge >= 0.3 is 0 Å². The SMILES string of the molecule is CC(C)[C@@H]1CC[C@]2(C=O)OC2C1. The molecular formula is C10H16O2.